The van der Waals surface area contributed by atoms with E-state index in [0.29, 0.717) is 32.5 Å². The Kier molecular flexibility index (Phi) is 30.2. The molecule has 9 atom stereocenters. The highest BCUT2D eigenvalue weighted by atomic mass is 32.1. The average Bonchev–Trinajstić information content (AvgIpc) is 2.56. The van der Waals surface area contributed by atoms with Crippen LogP contribution in [0.2, 0.25) is 0 Å². The normalized spacial score (nSPS) is 18.8. The molecule has 0 radical (unpaired) electrons. The van der Waals surface area contributed by atoms with Gasteiger partial charge in [0.25, 0.3) is 0 Å². The number of hydrogen-bond donors (Lipinski definition) is 6. The fourth-order valence-electron chi connectivity index (χ4n) is 13.1. The van der Waals surface area contributed by atoms with Gasteiger partial charge in [-0.05, 0) is 217 Å². The number of rotatable bonds is 27. The van der Waals surface area contributed by atoms with E-state index in [1.165, 1.54) is 108 Å². The molecule has 4 aliphatic rings. The van der Waals surface area contributed by atoms with Crippen LogP contribution in [0.25, 0.3) is 0 Å². The topological polar surface area (TPSA) is 185 Å². The summed E-state index contributed by atoms with van der Waals surface area (Å²) in [6.07, 6.45) is 20.3. The summed E-state index contributed by atoms with van der Waals surface area (Å²) in [5.74, 6) is -1.70. The van der Waals surface area contributed by atoms with Gasteiger partial charge in [0, 0.05) is 52.9 Å². The number of esters is 2. The lowest BCUT2D eigenvalue weighted by Crippen LogP contribution is -2.43. The first-order valence-electron chi connectivity index (χ1n) is 33.8. The van der Waals surface area contributed by atoms with Crippen molar-refractivity contribution in [2.24, 2.45) is 23.5 Å². The molecule has 0 spiro atoms. The molecule has 15 heteroatoms. The molecule has 3 aromatic carbocycles. The number of nitrogens with two attached hydrogens (primary N) is 1. The second kappa shape index (κ2) is 37.6. The Morgan fingerprint density at radius 2 is 0.967 bits per heavy atom. The molecule has 1 saturated heterocycles. The predicted molar refractivity (Wildman–Crippen MR) is 371 cm³/mol. The van der Waals surface area contributed by atoms with Crippen LogP contribution in [0.4, 0.5) is 0 Å². The maximum absolute atomic E-state index is 12.6. The number of fused-ring (bicyclic) bond motifs is 3. The summed E-state index contributed by atoms with van der Waals surface area (Å²) in [7, 11) is 4.50. The van der Waals surface area contributed by atoms with Gasteiger partial charge in [0.1, 0.15) is 0 Å². The van der Waals surface area contributed by atoms with Crippen molar-refractivity contribution in [2.45, 2.75) is 213 Å². The fourth-order valence-corrected chi connectivity index (χ4v) is 16.1. The summed E-state index contributed by atoms with van der Waals surface area (Å²) < 4.78 is 15.1. The first-order valence-corrected chi connectivity index (χ1v) is 36.4. The van der Waals surface area contributed by atoms with Crippen LogP contribution in [0, 0.1) is 17.8 Å². The summed E-state index contributed by atoms with van der Waals surface area (Å²) in [5, 5.41) is 38.1. The molecule has 0 bridgehead atoms. The van der Waals surface area contributed by atoms with E-state index in [4.69, 9.17) is 19.9 Å². The van der Waals surface area contributed by atoms with Crippen molar-refractivity contribution >= 4 is 51.9 Å². The van der Waals surface area contributed by atoms with Gasteiger partial charge in [-0.15, -0.1) is 34.0 Å². The first-order chi connectivity index (χ1) is 43.7. The molecule has 9 unspecified atom stereocenters. The number of benzene rings is 3. The molecule has 1 fully saturated rings. The van der Waals surface area contributed by atoms with E-state index in [2.05, 4.69) is 146 Å². The summed E-state index contributed by atoms with van der Waals surface area (Å²) in [6, 6.07) is 27.6. The average molecular weight is 1290 g/mol. The van der Waals surface area contributed by atoms with Crippen LogP contribution in [0.5, 0.6) is 0 Å². The number of nitrogens with one attached hydrogen (secondary N) is 3. The number of carbonyl (C=O) groups is 3. The van der Waals surface area contributed by atoms with Crippen molar-refractivity contribution in [2.75, 3.05) is 41.0 Å². The maximum atomic E-state index is 12.6. The lowest BCUT2D eigenvalue weighted by molar-refractivity contribution is -0.149. The molecule has 4 heterocycles. The molecule has 3 aliphatic carbocycles. The van der Waals surface area contributed by atoms with Crippen molar-refractivity contribution < 1.29 is 38.8 Å². The van der Waals surface area contributed by atoms with E-state index >= 15 is 0 Å². The van der Waals surface area contributed by atoms with Crippen LogP contribution in [0.1, 0.15) is 199 Å². The molecule has 12 nitrogen and oxygen atoms in total. The number of ether oxygens (including phenoxy) is 3. The second-order valence-corrected chi connectivity index (χ2v) is 27.8. The number of thiophene rings is 3. The van der Waals surface area contributed by atoms with E-state index < -0.39 is 24.0 Å². The minimum absolute atomic E-state index is 0.0685. The number of aliphatic hydroxyl groups excluding tert-OH is 2. The molecule has 7 N–H and O–H groups in total. The van der Waals surface area contributed by atoms with Crippen molar-refractivity contribution in [3.63, 3.8) is 0 Å². The molecule has 1 aliphatic heterocycles. The predicted octanol–water partition coefficient (Wildman–Crippen LogP) is 13.8. The van der Waals surface area contributed by atoms with Crippen molar-refractivity contribution in [1.82, 2.24) is 16.0 Å². The third-order valence-corrected chi connectivity index (χ3v) is 21.6. The third kappa shape index (κ3) is 20.7. The molecule has 6 aromatic rings. The highest BCUT2D eigenvalue weighted by molar-refractivity contribution is 7.10. The van der Waals surface area contributed by atoms with Crippen LogP contribution < -0.4 is 21.7 Å². The molecule has 0 saturated carbocycles. The van der Waals surface area contributed by atoms with Gasteiger partial charge < -0.3 is 46.1 Å². The largest absolute Gasteiger partial charge is 0.469 e. The Labute approximate surface area is 550 Å². The van der Waals surface area contributed by atoms with E-state index in [1.807, 2.05) is 0 Å². The number of carbonyl (C=O) groups excluding carboxylic acids is 3. The van der Waals surface area contributed by atoms with E-state index in [9.17, 15) is 24.6 Å². The first kappa shape index (κ1) is 72.4. The van der Waals surface area contributed by atoms with Crippen LogP contribution in [0.3, 0.4) is 0 Å². The quantitative estimate of drug-likeness (QED) is 0.0213. The monoisotopic (exact) mass is 1290 g/mol. The molecule has 90 heavy (non-hydrogen) atoms. The SMILES string of the molecule is CCCc1ccsc1CC(C(=O)NC)C(O)CNC1CCCc2ccc(CC)cc21.CCCc1ccsc1CC(C(=O)OC)C(O)CNC1CCCc2ccc(CC)cc21.CCCc1ccsc1CC(C(=O)OC)C1CO1.CCc1ccc2c(c1)C(N)CCC2. The zero-order chi connectivity index (χ0) is 64.5. The van der Waals surface area contributed by atoms with Gasteiger partial charge in [0.15, 0.2) is 0 Å². The molecule has 3 aromatic heterocycles. The van der Waals surface area contributed by atoms with Gasteiger partial charge >= 0.3 is 11.9 Å². The summed E-state index contributed by atoms with van der Waals surface area (Å²) in [6.45, 7) is 14.5. The highest BCUT2D eigenvalue weighted by Gasteiger charge is 2.39. The van der Waals surface area contributed by atoms with Gasteiger partial charge in [0.05, 0.1) is 56.9 Å². The summed E-state index contributed by atoms with van der Waals surface area (Å²) >= 11 is 5.08. The number of methoxy groups -OCH3 is 2. The van der Waals surface area contributed by atoms with Gasteiger partial charge in [-0.2, -0.15) is 0 Å². The van der Waals surface area contributed by atoms with Crippen molar-refractivity contribution in [3.05, 3.63) is 170 Å². The third-order valence-electron chi connectivity index (χ3n) is 18.6. The molecular weight excluding hydrogens is 1180 g/mol. The van der Waals surface area contributed by atoms with E-state index in [0.717, 1.165) is 109 Å². The highest BCUT2D eigenvalue weighted by Crippen LogP contribution is 2.35. The van der Waals surface area contributed by atoms with Crippen molar-refractivity contribution in [1.29, 1.82) is 0 Å². The zero-order valence-corrected chi connectivity index (χ0v) is 57.9. The minimum Gasteiger partial charge on any atom is -0.469 e. The number of epoxide rings is 1. The number of amides is 1. The summed E-state index contributed by atoms with van der Waals surface area (Å²) in [5.41, 5.74) is 22.5. The Balaban J connectivity index is 0.000000179. The number of hydrogen-bond acceptors (Lipinski definition) is 14. The maximum Gasteiger partial charge on any atom is 0.311 e. The van der Waals surface area contributed by atoms with E-state index in [1.54, 1.807) is 41.1 Å². The Morgan fingerprint density at radius 3 is 1.38 bits per heavy atom. The van der Waals surface area contributed by atoms with Gasteiger partial charge in [-0.1, -0.05) is 115 Å². The molecular formula is C75H106N4O8S3. The number of aliphatic hydroxyl groups is 2. The van der Waals surface area contributed by atoms with Crippen LogP contribution >= 0.6 is 34.0 Å². The fraction of sp³-hybridized carbons (Fsp3) is 0.560. The van der Waals surface area contributed by atoms with Gasteiger partial charge in [-0.25, -0.2) is 0 Å². The van der Waals surface area contributed by atoms with Crippen LogP contribution in [-0.4, -0.2) is 87.3 Å². The van der Waals surface area contributed by atoms with Crippen LogP contribution in [-0.2, 0) is 106 Å². The smallest absolute Gasteiger partial charge is 0.311 e. The van der Waals surface area contributed by atoms with Gasteiger partial charge in [-0.3, -0.25) is 14.4 Å². The Morgan fingerprint density at radius 1 is 0.567 bits per heavy atom. The Hall–Kier alpha value is -5.07. The lowest BCUT2D eigenvalue weighted by atomic mass is 9.86. The zero-order valence-electron chi connectivity index (χ0n) is 55.5. The minimum atomic E-state index is -0.784. The Bertz CT molecular complexity index is 3010. The second-order valence-electron chi connectivity index (χ2n) is 24.8. The molecule has 492 valence electrons. The molecule has 10 rings (SSSR count). The summed E-state index contributed by atoms with van der Waals surface area (Å²) in [4.78, 5) is 40.5. The standard InChI is InChI=1S/C25H36N2O2S.C25H35NO3S.C13H18O3S.C12H17N/c1-4-7-19-12-13-30-24(19)15-21(25(29)26-3)23(28)16-27-22-9-6-8-18-11-10-17(5-2)14-20(18)22;1-4-7-19-12-13-30-24(19)15-21(25(28)29-3)23(27)16-26-22-9-6-8-18-11-10-17(5-2)14-20(18)22;1-3-4-9-5-6-17-12(9)7-10(11-8-16-11)13(14)15-2;1-2-9-6-7-10-4-3-5-12(13)11(10)8-9/h10-14,21-23,27-28H,4-9,15-16H2,1-3H3,(H,26,29);10-14,21-23,26-27H,4-9,15-16H2,1-3H3;5-6,10-11H,3-4,7-8H2,1-2H3;6-8,12H,2-5,13H2,1H3. The van der Waals surface area contributed by atoms with Crippen molar-refractivity contribution in [3.8, 4) is 0 Å². The van der Waals surface area contributed by atoms with Gasteiger partial charge in [0.2, 0.25) is 5.91 Å². The molecule has 1 amide bonds. The van der Waals surface area contributed by atoms with Crippen LogP contribution in [0.15, 0.2) is 88.9 Å². The van der Waals surface area contributed by atoms with E-state index in [-0.39, 0.29) is 48.0 Å². The number of aryl methyl sites for hydroxylation is 9. The lowest BCUT2D eigenvalue weighted by Gasteiger charge is -2.29.